The number of nitrogens with zero attached hydrogens (tertiary/aromatic N) is 2. The third kappa shape index (κ3) is 3.41. The summed E-state index contributed by atoms with van der Waals surface area (Å²) in [6.07, 6.45) is 3.28. The number of hydrogen-bond donors (Lipinski definition) is 1. The van der Waals surface area contributed by atoms with Crippen LogP contribution in [-0.2, 0) is 4.79 Å². The average Bonchev–Trinajstić information content (AvgIpc) is 2.29. The molecule has 88 valence electrons. The number of thioether (sulfide) groups is 1. The third-order valence-corrected chi connectivity index (χ3v) is 3.35. The summed E-state index contributed by atoms with van der Waals surface area (Å²) in [6.45, 7) is 5.46. The highest BCUT2D eigenvalue weighted by molar-refractivity contribution is 8.00. The predicted octanol–water partition coefficient (Wildman–Crippen LogP) is 1.62. The molecule has 0 spiro atoms. The second kappa shape index (κ2) is 6.37. The average molecular weight is 239 g/mol. The molecule has 1 aromatic rings. The summed E-state index contributed by atoms with van der Waals surface area (Å²) in [4.78, 5) is 18.4. The first-order valence-electron chi connectivity index (χ1n) is 5.29. The third-order valence-electron chi connectivity index (χ3n) is 2.28. The number of nitrogen functional groups attached to an aromatic ring is 1. The summed E-state index contributed by atoms with van der Waals surface area (Å²) < 4.78 is 0. The number of rotatable bonds is 5. The number of carbonyl (C=O) groups is 1. The molecule has 2 N–H and O–H groups in total. The van der Waals surface area contributed by atoms with Gasteiger partial charge in [-0.1, -0.05) is 0 Å². The Hall–Kier alpha value is -1.23. The number of aromatic nitrogens is 1. The van der Waals surface area contributed by atoms with Gasteiger partial charge < -0.3 is 10.6 Å². The predicted molar refractivity (Wildman–Crippen MR) is 67.3 cm³/mol. The fraction of sp³-hybridized carbons (Fsp3) is 0.455. The molecule has 5 heteroatoms. The maximum atomic E-state index is 11.7. The van der Waals surface area contributed by atoms with E-state index in [4.69, 9.17) is 5.73 Å². The summed E-state index contributed by atoms with van der Waals surface area (Å²) in [5, 5.41) is 0. The molecule has 0 aromatic carbocycles. The zero-order valence-corrected chi connectivity index (χ0v) is 10.5. The Labute approximate surface area is 100 Å². The highest BCUT2D eigenvalue weighted by atomic mass is 32.2. The molecule has 1 aromatic heterocycles. The van der Waals surface area contributed by atoms with Gasteiger partial charge in [0.2, 0.25) is 5.91 Å². The van der Waals surface area contributed by atoms with Crippen LogP contribution in [0.2, 0.25) is 0 Å². The monoisotopic (exact) mass is 239 g/mol. The maximum Gasteiger partial charge on any atom is 0.232 e. The second-order valence-electron chi connectivity index (χ2n) is 3.27. The molecular weight excluding hydrogens is 222 g/mol. The van der Waals surface area contributed by atoms with Crippen LogP contribution in [0.15, 0.2) is 23.4 Å². The van der Waals surface area contributed by atoms with Gasteiger partial charge in [-0.15, -0.1) is 11.8 Å². The van der Waals surface area contributed by atoms with Gasteiger partial charge in [0.15, 0.2) is 0 Å². The van der Waals surface area contributed by atoms with Gasteiger partial charge in [0.25, 0.3) is 0 Å². The Morgan fingerprint density at radius 1 is 1.50 bits per heavy atom. The van der Waals surface area contributed by atoms with Crippen LogP contribution in [0.5, 0.6) is 0 Å². The Balaban J connectivity index is 2.52. The number of hydrogen-bond acceptors (Lipinski definition) is 4. The largest absolute Gasteiger partial charge is 0.397 e. The van der Waals surface area contributed by atoms with E-state index in [0.717, 1.165) is 18.0 Å². The molecule has 1 amide bonds. The molecule has 16 heavy (non-hydrogen) atoms. The van der Waals surface area contributed by atoms with Crippen LogP contribution in [-0.4, -0.2) is 34.6 Å². The van der Waals surface area contributed by atoms with Gasteiger partial charge in [-0.05, 0) is 19.9 Å². The van der Waals surface area contributed by atoms with E-state index in [1.165, 1.54) is 11.8 Å². The standard InChI is InChI=1S/C11H17N3OS/c1-3-14(4-2)11(15)8-16-10-5-6-13-7-9(10)12/h5-7H,3-4,8,12H2,1-2H3. The van der Waals surface area contributed by atoms with Gasteiger partial charge in [-0.3, -0.25) is 9.78 Å². The van der Waals surface area contributed by atoms with Crippen molar-refractivity contribution in [2.45, 2.75) is 18.7 Å². The molecule has 0 radical (unpaired) electrons. The minimum absolute atomic E-state index is 0.145. The molecule has 0 aliphatic carbocycles. The summed E-state index contributed by atoms with van der Waals surface area (Å²) in [5.74, 6) is 0.571. The van der Waals surface area contributed by atoms with Crippen molar-refractivity contribution < 1.29 is 4.79 Å². The van der Waals surface area contributed by atoms with Crippen LogP contribution in [0.3, 0.4) is 0 Å². The van der Waals surface area contributed by atoms with Crippen LogP contribution >= 0.6 is 11.8 Å². The molecule has 0 aliphatic heterocycles. The van der Waals surface area contributed by atoms with E-state index >= 15 is 0 Å². The molecule has 4 nitrogen and oxygen atoms in total. The van der Waals surface area contributed by atoms with Gasteiger partial charge in [0, 0.05) is 24.2 Å². The molecule has 0 saturated carbocycles. The first-order valence-corrected chi connectivity index (χ1v) is 6.27. The van der Waals surface area contributed by atoms with Crippen molar-refractivity contribution >= 4 is 23.4 Å². The lowest BCUT2D eigenvalue weighted by atomic mass is 10.4. The smallest absolute Gasteiger partial charge is 0.232 e. The molecular formula is C11H17N3OS. The first-order chi connectivity index (χ1) is 7.69. The Kier molecular flexibility index (Phi) is 5.11. The summed E-state index contributed by atoms with van der Waals surface area (Å²) in [6, 6.07) is 1.83. The van der Waals surface area contributed by atoms with E-state index < -0.39 is 0 Å². The molecule has 0 unspecified atom stereocenters. The highest BCUT2D eigenvalue weighted by Crippen LogP contribution is 2.23. The van der Waals surface area contributed by atoms with E-state index in [2.05, 4.69) is 4.98 Å². The van der Waals surface area contributed by atoms with Gasteiger partial charge in [-0.2, -0.15) is 0 Å². The van der Waals surface area contributed by atoms with Crippen LogP contribution in [0.4, 0.5) is 5.69 Å². The molecule has 0 aliphatic rings. The van der Waals surface area contributed by atoms with Gasteiger partial charge in [0.05, 0.1) is 17.6 Å². The van der Waals surface area contributed by atoms with Crippen molar-refractivity contribution in [1.82, 2.24) is 9.88 Å². The number of pyridine rings is 1. The van der Waals surface area contributed by atoms with E-state index in [-0.39, 0.29) is 5.91 Å². The molecule has 1 heterocycles. The second-order valence-corrected chi connectivity index (χ2v) is 4.29. The van der Waals surface area contributed by atoms with E-state index in [9.17, 15) is 4.79 Å². The minimum atomic E-state index is 0.145. The molecule has 0 atom stereocenters. The van der Waals surface area contributed by atoms with E-state index in [1.807, 2.05) is 24.8 Å². The lowest BCUT2D eigenvalue weighted by Gasteiger charge is -2.18. The number of carbonyl (C=O) groups excluding carboxylic acids is 1. The van der Waals surface area contributed by atoms with Crippen LogP contribution < -0.4 is 5.73 Å². The van der Waals surface area contributed by atoms with Crippen LogP contribution in [0, 0.1) is 0 Å². The quantitative estimate of drug-likeness (QED) is 0.793. The lowest BCUT2D eigenvalue weighted by molar-refractivity contribution is -0.127. The maximum absolute atomic E-state index is 11.7. The van der Waals surface area contributed by atoms with E-state index in [0.29, 0.717) is 11.4 Å². The first kappa shape index (κ1) is 12.8. The van der Waals surface area contributed by atoms with Gasteiger partial charge in [0.1, 0.15) is 0 Å². The molecule has 0 bridgehead atoms. The zero-order valence-electron chi connectivity index (χ0n) is 9.64. The number of amides is 1. The van der Waals surface area contributed by atoms with Gasteiger partial charge in [-0.25, -0.2) is 0 Å². The van der Waals surface area contributed by atoms with Crippen molar-refractivity contribution in [2.24, 2.45) is 0 Å². The molecule has 0 fully saturated rings. The normalized spacial score (nSPS) is 10.1. The Morgan fingerprint density at radius 2 is 2.19 bits per heavy atom. The molecule has 0 saturated heterocycles. The zero-order chi connectivity index (χ0) is 12.0. The van der Waals surface area contributed by atoms with Gasteiger partial charge >= 0.3 is 0 Å². The van der Waals surface area contributed by atoms with Crippen LogP contribution in [0.25, 0.3) is 0 Å². The van der Waals surface area contributed by atoms with Crippen molar-refractivity contribution in [2.75, 3.05) is 24.6 Å². The lowest BCUT2D eigenvalue weighted by Crippen LogP contribution is -2.31. The highest BCUT2D eigenvalue weighted by Gasteiger charge is 2.10. The van der Waals surface area contributed by atoms with Crippen molar-refractivity contribution in [1.29, 1.82) is 0 Å². The summed E-state index contributed by atoms with van der Waals surface area (Å²) >= 11 is 1.46. The topological polar surface area (TPSA) is 59.2 Å². The van der Waals surface area contributed by atoms with Crippen molar-refractivity contribution in [3.05, 3.63) is 18.5 Å². The number of nitrogens with two attached hydrogens (primary N) is 1. The van der Waals surface area contributed by atoms with Crippen molar-refractivity contribution in [3.63, 3.8) is 0 Å². The molecule has 1 rings (SSSR count). The number of anilines is 1. The van der Waals surface area contributed by atoms with Crippen LogP contribution in [0.1, 0.15) is 13.8 Å². The van der Waals surface area contributed by atoms with E-state index in [1.54, 1.807) is 12.4 Å². The van der Waals surface area contributed by atoms with Crippen molar-refractivity contribution in [3.8, 4) is 0 Å². The fourth-order valence-electron chi connectivity index (χ4n) is 1.33. The Morgan fingerprint density at radius 3 is 2.75 bits per heavy atom. The fourth-order valence-corrected chi connectivity index (χ4v) is 2.17. The minimum Gasteiger partial charge on any atom is -0.397 e. The Bertz CT molecular complexity index is 353. The summed E-state index contributed by atoms with van der Waals surface area (Å²) in [7, 11) is 0. The summed E-state index contributed by atoms with van der Waals surface area (Å²) in [5.41, 5.74) is 6.36. The SMILES string of the molecule is CCN(CC)C(=O)CSc1ccncc1N.